The van der Waals surface area contributed by atoms with Gasteiger partial charge >= 0.3 is 0 Å². The summed E-state index contributed by atoms with van der Waals surface area (Å²) in [7, 11) is -8.10. The maximum Gasteiger partial charge on any atom is 0.264 e. The number of halogens is 1. The minimum Gasteiger partial charge on any atom is -0.490 e. The van der Waals surface area contributed by atoms with Gasteiger partial charge in [0.2, 0.25) is 15.9 Å². The summed E-state index contributed by atoms with van der Waals surface area (Å²) in [6, 6.07) is 16.3. The number of rotatable bonds is 3. The van der Waals surface area contributed by atoms with E-state index in [0.717, 1.165) is 30.4 Å². The van der Waals surface area contributed by atoms with Crippen LogP contribution in [0, 0.1) is 5.92 Å². The van der Waals surface area contributed by atoms with Crippen LogP contribution in [0.3, 0.4) is 0 Å². The van der Waals surface area contributed by atoms with Gasteiger partial charge < -0.3 is 9.64 Å². The first-order valence-electron chi connectivity index (χ1n) is 14.8. The Balaban J connectivity index is 1.45. The maximum absolute atomic E-state index is 13.4. The third-order valence-corrected chi connectivity index (χ3v) is 12.0. The number of aryl methyl sites for hydroxylation is 1. The lowest BCUT2D eigenvalue weighted by molar-refractivity contribution is -0.118. The molecule has 3 atom stereocenters. The molecule has 234 valence electrons. The molecule has 44 heavy (non-hydrogen) atoms. The highest BCUT2D eigenvalue weighted by Crippen LogP contribution is 2.42. The van der Waals surface area contributed by atoms with Crippen LogP contribution < -0.4 is 19.1 Å². The van der Waals surface area contributed by atoms with Crippen molar-refractivity contribution in [2.45, 2.75) is 67.2 Å². The van der Waals surface area contributed by atoms with Gasteiger partial charge in [0.15, 0.2) is 0 Å². The van der Waals surface area contributed by atoms with Crippen molar-refractivity contribution in [2.24, 2.45) is 5.92 Å². The number of nitrogens with zero attached hydrogens (tertiary/aromatic N) is 1. The second kappa shape index (κ2) is 11.7. The number of amides is 1. The molecule has 2 N–H and O–H groups in total. The molecule has 1 saturated carbocycles. The number of carbonyl (C=O) groups excluding carboxylic acids is 1. The molecular formula is C32H36ClN3O6S2. The van der Waals surface area contributed by atoms with E-state index in [1.54, 1.807) is 24.3 Å². The van der Waals surface area contributed by atoms with Crippen LogP contribution in [0.5, 0.6) is 5.75 Å². The lowest BCUT2D eigenvalue weighted by atomic mass is 9.77. The molecule has 12 heteroatoms. The molecule has 3 aromatic rings. The van der Waals surface area contributed by atoms with Gasteiger partial charge in [-0.25, -0.2) is 26.3 Å². The quantitative estimate of drug-likeness (QED) is 0.423. The predicted octanol–water partition coefficient (Wildman–Crippen LogP) is 4.57. The number of ether oxygens (including phenoxy) is 1. The Morgan fingerprint density at radius 1 is 1.00 bits per heavy atom. The summed E-state index contributed by atoms with van der Waals surface area (Å²) in [4.78, 5) is 15.0. The number of hydrogen-bond donors (Lipinski definition) is 2. The molecule has 3 aromatic carbocycles. The second-order valence-corrected chi connectivity index (χ2v) is 16.2. The minimum atomic E-state index is -4.22. The van der Waals surface area contributed by atoms with Crippen molar-refractivity contribution < 1.29 is 26.4 Å². The Hall–Kier alpha value is -3.12. The van der Waals surface area contributed by atoms with Crippen LogP contribution in [0.15, 0.2) is 70.5 Å². The van der Waals surface area contributed by atoms with Gasteiger partial charge in [0.25, 0.3) is 10.0 Å². The van der Waals surface area contributed by atoms with E-state index in [0.29, 0.717) is 48.1 Å². The van der Waals surface area contributed by atoms with E-state index >= 15 is 0 Å². The van der Waals surface area contributed by atoms with E-state index < -0.39 is 31.4 Å². The molecule has 9 nitrogen and oxygen atoms in total. The average Bonchev–Trinajstić information content (AvgIpc) is 3.10. The highest BCUT2D eigenvalue weighted by atomic mass is 35.5. The van der Waals surface area contributed by atoms with E-state index in [-0.39, 0.29) is 28.2 Å². The summed E-state index contributed by atoms with van der Waals surface area (Å²) >= 11 is 6.39. The molecule has 2 aliphatic heterocycles. The number of carbonyl (C=O) groups is 1. The Labute approximate surface area is 264 Å². The van der Waals surface area contributed by atoms with Crippen molar-refractivity contribution in [1.82, 2.24) is 9.44 Å². The van der Waals surface area contributed by atoms with Gasteiger partial charge in [0, 0.05) is 29.6 Å². The van der Waals surface area contributed by atoms with Gasteiger partial charge in [-0.3, -0.25) is 4.79 Å². The Kier molecular flexibility index (Phi) is 8.19. The Bertz CT molecular complexity index is 1830. The molecule has 3 aliphatic rings. The van der Waals surface area contributed by atoms with E-state index in [1.165, 1.54) is 18.2 Å². The van der Waals surface area contributed by atoms with E-state index in [2.05, 4.69) is 28.2 Å². The van der Waals surface area contributed by atoms with E-state index in [9.17, 15) is 21.6 Å². The van der Waals surface area contributed by atoms with Crippen molar-refractivity contribution in [2.75, 3.05) is 24.6 Å². The molecule has 2 heterocycles. The zero-order chi connectivity index (χ0) is 31.3. The number of fused-ring (bicyclic) bond motifs is 4. The molecule has 0 unspecified atom stereocenters. The summed E-state index contributed by atoms with van der Waals surface area (Å²) in [5.41, 5.74) is 2.72. The first-order valence-corrected chi connectivity index (χ1v) is 18.2. The van der Waals surface area contributed by atoms with Crippen LogP contribution in [0.1, 0.15) is 49.8 Å². The van der Waals surface area contributed by atoms with Crippen LogP contribution >= 0.6 is 11.6 Å². The Morgan fingerprint density at radius 3 is 2.55 bits per heavy atom. The van der Waals surface area contributed by atoms with Gasteiger partial charge in [0.1, 0.15) is 5.75 Å². The van der Waals surface area contributed by atoms with Crippen LogP contribution in [-0.4, -0.2) is 48.5 Å². The van der Waals surface area contributed by atoms with Crippen LogP contribution in [0.4, 0.5) is 5.69 Å². The highest BCUT2D eigenvalue weighted by Gasteiger charge is 2.41. The zero-order valence-corrected chi connectivity index (χ0v) is 27.1. The fourth-order valence-electron chi connectivity index (χ4n) is 6.52. The third kappa shape index (κ3) is 6.07. The van der Waals surface area contributed by atoms with Crippen molar-refractivity contribution in [3.05, 3.63) is 82.4 Å². The molecule has 0 radical (unpaired) electrons. The summed E-state index contributed by atoms with van der Waals surface area (Å²) in [5.74, 6) is -0.255. The van der Waals surface area contributed by atoms with Crippen molar-refractivity contribution in [1.29, 1.82) is 0 Å². The van der Waals surface area contributed by atoms with E-state index in [1.807, 2.05) is 18.2 Å². The first-order chi connectivity index (χ1) is 20.9. The van der Waals surface area contributed by atoms with Gasteiger partial charge in [-0.1, -0.05) is 50.1 Å². The molecular weight excluding hydrogens is 622 g/mol. The second-order valence-electron chi connectivity index (χ2n) is 12.3. The minimum absolute atomic E-state index is 0.0173. The predicted molar refractivity (Wildman–Crippen MR) is 169 cm³/mol. The fraction of sp³-hybridized carbons (Fsp3) is 0.406. The first kappa shape index (κ1) is 30.9. The largest absolute Gasteiger partial charge is 0.490 e. The summed E-state index contributed by atoms with van der Waals surface area (Å²) < 4.78 is 65.1. The summed E-state index contributed by atoms with van der Waals surface area (Å²) in [5, 5.41) is 0.663. The molecule has 4 bridgehead atoms. The monoisotopic (exact) mass is 657 g/mol. The fourth-order valence-corrected chi connectivity index (χ4v) is 9.13. The standard InChI is InChI=1S/C32H36ClN3O6S2/c1-3-5-22-16-24(33)9-11-27(22)32(2)19-36-18-23-8-12-28(23)34-43(38,39)25-7-4-6-21(14-25)15-31(37)35-44(40,41)26-10-13-30(42-20-32)29(36)17-26/h4,6-7,9-11,13-14,16-17,23,28,34H,3,5,8,12,15,18-20H2,1-2H3,(H,35,37)/t23-,28+,32-/m0/s1. The lowest BCUT2D eigenvalue weighted by Crippen LogP contribution is -2.52. The number of sulfonamides is 2. The van der Waals surface area contributed by atoms with E-state index in [4.69, 9.17) is 16.3 Å². The molecule has 1 amide bonds. The normalized spacial score (nSPS) is 25.9. The average molecular weight is 658 g/mol. The van der Waals surface area contributed by atoms with Crippen LogP contribution in [-0.2, 0) is 43.1 Å². The van der Waals surface area contributed by atoms with Crippen LogP contribution in [0.25, 0.3) is 0 Å². The van der Waals surface area contributed by atoms with Gasteiger partial charge in [-0.2, -0.15) is 0 Å². The number of benzene rings is 3. The molecule has 0 spiro atoms. The number of anilines is 1. The van der Waals surface area contributed by atoms with Gasteiger partial charge in [-0.15, -0.1) is 0 Å². The molecule has 1 aliphatic carbocycles. The zero-order valence-electron chi connectivity index (χ0n) is 24.7. The summed E-state index contributed by atoms with van der Waals surface area (Å²) in [6.07, 6.45) is 2.98. The van der Waals surface area contributed by atoms with Crippen molar-refractivity contribution in [3.63, 3.8) is 0 Å². The molecule has 0 saturated heterocycles. The summed E-state index contributed by atoms with van der Waals surface area (Å²) in [6.45, 7) is 5.56. The smallest absolute Gasteiger partial charge is 0.264 e. The van der Waals surface area contributed by atoms with Gasteiger partial charge in [0.05, 0.1) is 28.5 Å². The lowest BCUT2D eigenvalue weighted by Gasteiger charge is -2.42. The SMILES string of the molecule is CCCc1cc(Cl)ccc1[C@]1(C)COc2ccc3cc2N(C[C@@H]2CC[C@H]2NS(=O)(=O)c2cccc(c2)CC(=O)NS3(=O)=O)C1. The number of nitrogens with one attached hydrogen (secondary N) is 2. The Morgan fingerprint density at radius 2 is 1.80 bits per heavy atom. The van der Waals surface area contributed by atoms with Crippen molar-refractivity contribution >= 4 is 43.2 Å². The van der Waals surface area contributed by atoms with Crippen molar-refractivity contribution in [3.8, 4) is 5.75 Å². The molecule has 6 rings (SSSR count). The molecule has 1 fully saturated rings. The number of hydrogen-bond acceptors (Lipinski definition) is 7. The highest BCUT2D eigenvalue weighted by molar-refractivity contribution is 7.90. The van der Waals surface area contributed by atoms with Crippen LogP contribution in [0.2, 0.25) is 5.02 Å². The van der Waals surface area contributed by atoms with Gasteiger partial charge in [-0.05, 0) is 84.3 Å². The maximum atomic E-state index is 13.4. The molecule has 0 aromatic heterocycles. The third-order valence-electron chi connectivity index (χ3n) is 8.90. The topological polar surface area (TPSA) is 122 Å².